The fraction of sp³-hybridized carbons (Fsp3) is 0.938. The van der Waals surface area contributed by atoms with Gasteiger partial charge in [-0.2, -0.15) is 0 Å². The molecule has 0 radical (unpaired) electrons. The Bertz CT molecular complexity index is 306. The molecule has 0 saturated carbocycles. The van der Waals surface area contributed by atoms with E-state index in [1.54, 1.807) is 0 Å². The molecule has 1 aliphatic heterocycles. The summed E-state index contributed by atoms with van der Waals surface area (Å²) in [5, 5.41) is 0. The molecule has 1 rings (SSSR count). The Morgan fingerprint density at radius 1 is 1.15 bits per heavy atom. The predicted octanol–water partition coefficient (Wildman–Crippen LogP) is 3.39. The second-order valence-electron chi connectivity index (χ2n) is 6.90. The maximum Gasteiger partial charge on any atom is 0.314 e. The number of rotatable bonds is 6. The van der Waals surface area contributed by atoms with Crippen LogP contribution in [-0.4, -0.2) is 31.6 Å². The summed E-state index contributed by atoms with van der Waals surface area (Å²) in [5.74, 6) is -0.141. The first-order chi connectivity index (χ1) is 9.30. The molecule has 0 aliphatic carbocycles. The molecule has 4 nitrogen and oxygen atoms in total. The number of carbonyl (C=O) groups excluding carboxylic acids is 1. The lowest BCUT2D eigenvalue weighted by Crippen LogP contribution is -2.31. The van der Waals surface area contributed by atoms with Crippen LogP contribution in [0.5, 0.6) is 0 Å². The van der Waals surface area contributed by atoms with Crippen molar-refractivity contribution in [2.75, 3.05) is 13.4 Å². The SMILES string of the molecule is CCC1OC(CC)C(C(=O)OCOCC(C)(C)C)C1C. The molecule has 118 valence electrons. The molecule has 20 heavy (non-hydrogen) atoms. The first kappa shape index (κ1) is 17.4. The van der Waals surface area contributed by atoms with E-state index in [0.717, 1.165) is 12.8 Å². The van der Waals surface area contributed by atoms with Gasteiger partial charge < -0.3 is 14.2 Å². The van der Waals surface area contributed by atoms with Gasteiger partial charge in [0.1, 0.15) is 0 Å². The maximum absolute atomic E-state index is 12.2. The van der Waals surface area contributed by atoms with E-state index in [1.165, 1.54) is 0 Å². The minimum absolute atomic E-state index is 0.0231. The summed E-state index contributed by atoms with van der Waals surface area (Å²) in [4.78, 5) is 12.2. The van der Waals surface area contributed by atoms with Crippen molar-refractivity contribution in [1.82, 2.24) is 0 Å². The monoisotopic (exact) mass is 286 g/mol. The van der Waals surface area contributed by atoms with E-state index in [-0.39, 0.29) is 42.2 Å². The van der Waals surface area contributed by atoms with Gasteiger partial charge in [-0.05, 0) is 24.2 Å². The molecule has 0 spiro atoms. The minimum Gasteiger partial charge on any atom is -0.438 e. The van der Waals surface area contributed by atoms with Crippen molar-refractivity contribution in [2.45, 2.75) is 66.6 Å². The van der Waals surface area contributed by atoms with Gasteiger partial charge in [-0.25, -0.2) is 0 Å². The molecule has 4 atom stereocenters. The standard InChI is InChI=1S/C16H30O4/c1-7-12-11(3)14(13(8-2)20-12)15(17)19-10-18-9-16(4,5)6/h11-14H,7-10H2,1-6H3. The molecule has 0 aromatic rings. The molecule has 1 saturated heterocycles. The highest BCUT2D eigenvalue weighted by molar-refractivity contribution is 5.73. The zero-order valence-electron chi connectivity index (χ0n) is 13.8. The van der Waals surface area contributed by atoms with Crippen LogP contribution in [0.4, 0.5) is 0 Å². The Morgan fingerprint density at radius 2 is 1.75 bits per heavy atom. The number of ether oxygens (including phenoxy) is 3. The number of esters is 1. The van der Waals surface area contributed by atoms with Crippen molar-refractivity contribution in [3.8, 4) is 0 Å². The molecule has 0 N–H and O–H groups in total. The summed E-state index contributed by atoms with van der Waals surface area (Å²) >= 11 is 0. The van der Waals surface area contributed by atoms with Gasteiger partial charge in [-0.1, -0.05) is 41.5 Å². The summed E-state index contributed by atoms with van der Waals surface area (Å²) in [6, 6.07) is 0. The lowest BCUT2D eigenvalue weighted by atomic mass is 9.87. The third kappa shape index (κ3) is 4.74. The third-order valence-corrected chi connectivity index (χ3v) is 3.80. The van der Waals surface area contributed by atoms with Gasteiger partial charge in [-0.3, -0.25) is 4.79 Å². The van der Waals surface area contributed by atoms with Crippen molar-refractivity contribution >= 4 is 5.97 Å². The molecule has 4 unspecified atom stereocenters. The van der Waals surface area contributed by atoms with E-state index in [9.17, 15) is 4.79 Å². The number of carbonyl (C=O) groups is 1. The highest BCUT2D eigenvalue weighted by Gasteiger charge is 2.45. The Hall–Kier alpha value is -0.610. The summed E-state index contributed by atoms with van der Waals surface area (Å²) in [7, 11) is 0. The van der Waals surface area contributed by atoms with Crippen LogP contribution in [0.1, 0.15) is 54.4 Å². The van der Waals surface area contributed by atoms with Crippen LogP contribution >= 0.6 is 0 Å². The molecule has 1 aliphatic rings. The average molecular weight is 286 g/mol. The van der Waals surface area contributed by atoms with Gasteiger partial charge in [-0.15, -0.1) is 0 Å². The number of hydrogen-bond acceptors (Lipinski definition) is 4. The van der Waals surface area contributed by atoms with Crippen molar-refractivity contribution < 1.29 is 19.0 Å². The van der Waals surface area contributed by atoms with Gasteiger partial charge in [0.25, 0.3) is 0 Å². The predicted molar refractivity (Wildman–Crippen MR) is 78.3 cm³/mol. The van der Waals surface area contributed by atoms with Crippen molar-refractivity contribution in [3.63, 3.8) is 0 Å². The highest BCUT2D eigenvalue weighted by atomic mass is 16.7. The summed E-state index contributed by atoms with van der Waals surface area (Å²) in [5.41, 5.74) is 0.0788. The van der Waals surface area contributed by atoms with Gasteiger partial charge >= 0.3 is 5.97 Å². The van der Waals surface area contributed by atoms with Crippen LogP contribution in [-0.2, 0) is 19.0 Å². The van der Waals surface area contributed by atoms with Crippen LogP contribution in [0.2, 0.25) is 0 Å². The smallest absolute Gasteiger partial charge is 0.314 e. The Balaban J connectivity index is 2.45. The minimum atomic E-state index is -0.186. The third-order valence-electron chi connectivity index (χ3n) is 3.80. The lowest BCUT2D eigenvalue weighted by molar-refractivity contribution is -0.166. The van der Waals surface area contributed by atoms with E-state index >= 15 is 0 Å². The average Bonchev–Trinajstić information content (AvgIpc) is 2.69. The highest BCUT2D eigenvalue weighted by Crippen LogP contribution is 2.36. The quantitative estimate of drug-likeness (QED) is 0.426. The lowest BCUT2D eigenvalue weighted by Gasteiger charge is -2.21. The molecule has 0 bridgehead atoms. The second-order valence-corrected chi connectivity index (χ2v) is 6.90. The molecule has 4 heteroatoms. The fourth-order valence-electron chi connectivity index (χ4n) is 2.73. The topological polar surface area (TPSA) is 44.8 Å². The molecule has 0 aromatic heterocycles. The Labute approximate surface area is 123 Å². The Kier molecular flexibility index (Phi) is 6.46. The van der Waals surface area contributed by atoms with Crippen molar-refractivity contribution in [2.24, 2.45) is 17.3 Å². The van der Waals surface area contributed by atoms with Gasteiger partial charge in [0, 0.05) is 0 Å². The molecule has 1 fully saturated rings. The van der Waals surface area contributed by atoms with E-state index in [0.29, 0.717) is 6.61 Å². The van der Waals surface area contributed by atoms with Crippen LogP contribution in [0.15, 0.2) is 0 Å². The normalized spacial score (nSPS) is 30.5. The second kappa shape index (κ2) is 7.41. The van der Waals surface area contributed by atoms with Gasteiger partial charge in [0.15, 0.2) is 6.79 Å². The van der Waals surface area contributed by atoms with Crippen LogP contribution in [0.25, 0.3) is 0 Å². The molecular formula is C16H30O4. The van der Waals surface area contributed by atoms with Crippen molar-refractivity contribution in [1.29, 1.82) is 0 Å². The zero-order chi connectivity index (χ0) is 15.3. The first-order valence-corrected chi connectivity index (χ1v) is 7.70. The van der Waals surface area contributed by atoms with E-state index < -0.39 is 0 Å². The fourth-order valence-corrected chi connectivity index (χ4v) is 2.73. The number of hydrogen-bond donors (Lipinski definition) is 0. The summed E-state index contributed by atoms with van der Waals surface area (Å²) in [6.45, 7) is 13.1. The maximum atomic E-state index is 12.2. The van der Waals surface area contributed by atoms with Crippen LogP contribution in [0, 0.1) is 17.3 Å². The van der Waals surface area contributed by atoms with E-state index in [1.807, 2.05) is 6.92 Å². The van der Waals surface area contributed by atoms with E-state index in [4.69, 9.17) is 14.2 Å². The summed E-state index contributed by atoms with van der Waals surface area (Å²) in [6.07, 6.45) is 1.91. The van der Waals surface area contributed by atoms with Crippen molar-refractivity contribution in [3.05, 3.63) is 0 Å². The molecular weight excluding hydrogens is 256 g/mol. The first-order valence-electron chi connectivity index (χ1n) is 7.70. The molecule has 1 heterocycles. The van der Waals surface area contributed by atoms with Crippen LogP contribution < -0.4 is 0 Å². The van der Waals surface area contributed by atoms with Crippen LogP contribution in [0.3, 0.4) is 0 Å². The summed E-state index contributed by atoms with van der Waals surface area (Å²) < 4.78 is 16.6. The Morgan fingerprint density at radius 3 is 2.25 bits per heavy atom. The van der Waals surface area contributed by atoms with Gasteiger partial charge in [0.05, 0.1) is 24.7 Å². The molecule has 0 amide bonds. The zero-order valence-corrected chi connectivity index (χ0v) is 13.8. The largest absolute Gasteiger partial charge is 0.438 e. The van der Waals surface area contributed by atoms with Gasteiger partial charge in [0.2, 0.25) is 0 Å². The van der Waals surface area contributed by atoms with E-state index in [2.05, 4.69) is 34.6 Å². The molecule has 0 aromatic carbocycles.